The first-order chi connectivity index (χ1) is 20.1. The minimum Gasteiger partial charge on any atom is -0.493 e. The highest BCUT2D eigenvalue weighted by Gasteiger charge is 2.27. The van der Waals surface area contributed by atoms with Crippen LogP contribution in [0.4, 0.5) is 5.69 Å². The molecule has 4 aromatic carbocycles. The van der Waals surface area contributed by atoms with Crippen LogP contribution in [0.25, 0.3) is 0 Å². The molecule has 0 fully saturated rings. The van der Waals surface area contributed by atoms with E-state index in [1.165, 1.54) is 31.5 Å². The molecule has 0 unspecified atom stereocenters. The fraction of sp³-hybridized carbons (Fsp3) is 0.103. The number of nitrogens with one attached hydrogen (secondary N) is 1. The van der Waals surface area contributed by atoms with Crippen molar-refractivity contribution >= 4 is 78.6 Å². The lowest BCUT2D eigenvalue weighted by molar-refractivity contribution is -0.119. The summed E-state index contributed by atoms with van der Waals surface area (Å²) in [7, 11) is -2.59. The van der Waals surface area contributed by atoms with Crippen LogP contribution in [-0.4, -0.2) is 34.2 Å². The highest BCUT2D eigenvalue weighted by atomic mass is 79.9. The lowest BCUT2D eigenvalue weighted by Gasteiger charge is -2.23. The van der Waals surface area contributed by atoms with E-state index in [1.807, 2.05) is 0 Å². The molecule has 0 spiro atoms. The largest absolute Gasteiger partial charge is 0.493 e. The first kappa shape index (κ1) is 31.7. The Balaban J connectivity index is 1.48. The third-order valence-corrected chi connectivity index (χ3v) is 8.96. The van der Waals surface area contributed by atoms with E-state index in [9.17, 15) is 13.2 Å². The molecule has 4 rings (SSSR count). The number of nitrogens with zero attached hydrogens (tertiary/aromatic N) is 2. The number of rotatable bonds is 11. The summed E-state index contributed by atoms with van der Waals surface area (Å²) < 4.78 is 39.8. The van der Waals surface area contributed by atoms with Crippen LogP contribution in [-0.2, 0) is 21.4 Å². The monoisotopic (exact) mass is 709 g/mol. The van der Waals surface area contributed by atoms with Crippen LogP contribution < -0.4 is 19.2 Å². The maximum Gasteiger partial charge on any atom is 0.264 e. The van der Waals surface area contributed by atoms with Gasteiger partial charge in [-0.15, -0.1) is 0 Å². The quantitative estimate of drug-likeness (QED) is 0.130. The Morgan fingerprint density at radius 3 is 2.40 bits per heavy atom. The summed E-state index contributed by atoms with van der Waals surface area (Å²) in [5.74, 6) is 0.174. The van der Waals surface area contributed by atoms with Crippen LogP contribution in [0.5, 0.6) is 11.5 Å². The van der Waals surface area contributed by atoms with Crippen LogP contribution in [0.1, 0.15) is 11.1 Å². The van der Waals surface area contributed by atoms with Crippen LogP contribution in [0, 0.1) is 0 Å². The first-order valence-corrected chi connectivity index (χ1v) is 15.5. The maximum absolute atomic E-state index is 13.4. The highest BCUT2D eigenvalue weighted by Crippen LogP contribution is 2.37. The van der Waals surface area contributed by atoms with Crippen molar-refractivity contribution in [1.29, 1.82) is 0 Å². The molecule has 0 aliphatic heterocycles. The van der Waals surface area contributed by atoms with Crippen LogP contribution in [0.15, 0.2) is 99.4 Å². The summed E-state index contributed by atoms with van der Waals surface area (Å²) in [4.78, 5) is 12.9. The standard InChI is InChI=1S/C29H23BrCl3N3O5S/c1-40-27-13-19(12-25(30)29(27)41-18-20-10-11-22(32)15-26(20)33)16-34-35-28(37)17-36(23-7-5-6-21(31)14-23)42(38,39)24-8-3-2-4-9-24/h2-16H,17-18H2,1H3,(H,35,37)/b34-16-. The number of ether oxygens (including phenoxy) is 2. The molecule has 0 saturated heterocycles. The molecule has 0 atom stereocenters. The maximum atomic E-state index is 13.4. The van der Waals surface area contributed by atoms with E-state index in [4.69, 9.17) is 44.3 Å². The lowest BCUT2D eigenvalue weighted by atomic mass is 10.2. The van der Waals surface area contributed by atoms with Gasteiger partial charge in [-0.1, -0.05) is 65.1 Å². The van der Waals surface area contributed by atoms with Gasteiger partial charge in [-0.05, 0) is 76.1 Å². The Hall–Kier alpha value is -3.28. The smallest absolute Gasteiger partial charge is 0.264 e. The van der Waals surface area contributed by atoms with E-state index in [2.05, 4.69) is 26.5 Å². The van der Waals surface area contributed by atoms with Crippen molar-refractivity contribution in [2.45, 2.75) is 11.5 Å². The topological polar surface area (TPSA) is 97.3 Å². The Bertz CT molecular complexity index is 1720. The number of hydrazone groups is 1. The van der Waals surface area contributed by atoms with Crippen molar-refractivity contribution in [2.75, 3.05) is 18.0 Å². The number of carbonyl (C=O) groups excluding carboxylic acids is 1. The molecule has 0 bridgehead atoms. The predicted octanol–water partition coefficient (Wildman–Crippen LogP) is 7.34. The van der Waals surface area contributed by atoms with Crippen LogP contribution >= 0.6 is 50.7 Å². The van der Waals surface area contributed by atoms with Gasteiger partial charge in [-0.25, -0.2) is 13.8 Å². The molecule has 42 heavy (non-hydrogen) atoms. The second kappa shape index (κ2) is 14.3. The van der Waals surface area contributed by atoms with Gasteiger partial charge in [0.1, 0.15) is 13.2 Å². The number of benzene rings is 4. The first-order valence-electron chi connectivity index (χ1n) is 12.2. The molecule has 1 N–H and O–H groups in total. The number of hydrogen-bond donors (Lipinski definition) is 1. The number of hydrogen-bond acceptors (Lipinski definition) is 6. The highest BCUT2D eigenvalue weighted by molar-refractivity contribution is 9.10. The number of amides is 1. The van der Waals surface area contributed by atoms with Gasteiger partial charge >= 0.3 is 0 Å². The van der Waals surface area contributed by atoms with Crippen molar-refractivity contribution in [2.24, 2.45) is 5.10 Å². The van der Waals surface area contributed by atoms with Crippen molar-refractivity contribution < 1.29 is 22.7 Å². The molecular weight excluding hydrogens is 689 g/mol. The van der Waals surface area contributed by atoms with E-state index in [1.54, 1.807) is 66.7 Å². The summed E-state index contributed by atoms with van der Waals surface area (Å²) in [6.07, 6.45) is 1.39. The number of halogens is 4. The number of carbonyl (C=O) groups is 1. The van der Waals surface area contributed by atoms with Crippen LogP contribution in [0.2, 0.25) is 15.1 Å². The Kier molecular flexibility index (Phi) is 10.7. The molecule has 218 valence electrons. The Morgan fingerprint density at radius 2 is 1.71 bits per heavy atom. The fourth-order valence-corrected chi connectivity index (χ4v) is 6.41. The van der Waals surface area contributed by atoms with Gasteiger partial charge < -0.3 is 9.47 Å². The van der Waals surface area contributed by atoms with Crippen molar-refractivity contribution in [3.05, 3.63) is 116 Å². The predicted molar refractivity (Wildman–Crippen MR) is 170 cm³/mol. The van der Waals surface area contributed by atoms with Gasteiger partial charge in [-0.3, -0.25) is 9.10 Å². The van der Waals surface area contributed by atoms with E-state index in [-0.39, 0.29) is 17.2 Å². The number of anilines is 1. The van der Waals surface area contributed by atoms with Gasteiger partial charge in [0.05, 0.1) is 28.4 Å². The minimum absolute atomic E-state index is 0.0267. The average molecular weight is 712 g/mol. The lowest BCUT2D eigenvalue weighted by Crippen LogP contribution is -2.39. The van der Waals surface area contributed by atoms with E-state index >= 15 is 0 Å². The average Bonchev–Trinajstić information content (AvgIpc) is 2.96. The summed E-state index contributed by atoms with van der Waals surface area (Å²) in [6, 6.07) is 22.5. The molecule has 0 heterocycles. The Labute approximate surface area is 267 Å². The normalized spacial score (nSPS) is 11.4. The van der Waals surface area contributed by atoms with Gasteiger partial charge in [0.2, 0.25) is 0 Å². The third-order valence-electron chi connectivity index (χ3n) is 5.76. The number of sulfonamides is 1. The number of methoxy groups -OCH3 is 1. The summed E-state index contributed by atoms with van der Waals surface area (Å²) in [6.45, 7) is -0.370. The zero-order chi connectivity index (χ0) is 30.3. The molecule has 0 radical (unpaired) electrons. The molecular formula is C29H23BrCl3N3O5S. The van der Waals surface area contributed by atoms with Gasteiger partial charge in [0, 0.05) is 20.6 Å². The van der Waals surface area contributed by atoms with E-state index in [0.29, 0.717) is 36.6 Å². The summed E-state index contributed by atoms with van der Waals surface area (Å²) in [5.41, 5.74) is 3.92. The van der Waals surface area contributed by atoms with Gasteiger partial charge in [-0.2, -0.15) is 5.10 Å². The molecule has 0 aromatic heterocycles. The third kappa shape index (κ3) is 7.96. The zero-order valence-corrected chi connectivity index (χ0v) is 26.6. The van der Waals surface area contributed by atoms with Gasteiger partial charge in [0.25, 0.3) is 15.9 Å². The minimum atomic E-state index is -4.08. The van der Waals surface area contributed by atoms with E-state index in [0.717, 1.165) is 9.87 Å². The second-order valence-corrected chi connectivity index (χ2v) is 12.7. The molecule has 1 amide bonds. The molecule has 13 heteroatoms. The van der Waals surface area contributed by atoms with E-state index < -0.39 is 22.5 Å². The molecule has 0 saturated carbocycles. The second-order valence-electron chi connectivity index (χ2n) is 8.66. The van der Waals surface area contributed by atoms with Gasteiger partial charge in [0.15, 0.2) is 11.5 Å². The van der Waals surface area contributed by atoms with Crippen LogP contribution in [0.3, 0.4) is 0 Å². The molecule has 4 aromatic rings. The zero-order valence-electron chi connectivity index (χ0n) is 21.9. The summed E-state index contributed by atoms with van der Waals surface area (Å²) in [5, 5.41) is 5.32. The SMILES string of the molecule is COc1cc(/C=N\NC(=O)CN(c2cccc(Cl)c2)S(=O)(=O)c2ccccc2)cc(Br)c1OCc1ccc(Cl)cc1Cl. The van der Waals surface area contributed by atoms with Crippen molar-refractivity contribution in [1.82, 2.24) is 5.43 Å². The van der Waals surface area contributed by atoms with Crippen molar-refractivity contribution in [3.8, 4) is 11.5 Å². The van der Waals surface area contributed by atoms with Crippen molar-refractivity contribution in [3.63, 3.8) is 0 Å². The fourth-order valence-electron chi connectivity index (χ4n) is 3.75. The molecule has 0 aliphatic carbocycles. The summed E-state index contributed by atoms with van der Waals surface area (Å²) >= 11 is 21.8. The Morgan fingerprint density at radius 1 is 0.976 bits per heavy atom. The molecule has 8 nitrogen and oxygen atoms in total. The molecule has 0 aliphatic rings.